The zero-order valence-corrected chi connectivity index (χ0v) is 9.88. The molecule has 3 rings (SSSR count). The molecular weight excluding hydrogens is 234 g/mol. The van der Waals surface area contributed by atoms with Crippen LogP contribution in [0.15, 0.2) is 29.8 Å². The third-order valence-corrected chi connectivity index (χ3v) is 3.42. The number of benzene rings is 1. The summed E-state index contributed by atoms with van der Waals surface area (Å²) in [7, 11) is 0. The molecule has 4 nitrogen and oxygen atoms in total. The molecule has 0 saturated carbocycles. The van der Waals surface area contributed by atoms with E-state index in [9.17, 15) is 4.79 Å². The number of hydrogen-bond donors (Lipinski definition) is 2. The number of anilines is 2. The molecular formula is C12H11N3OS. The largest absolute Gasteiger partial charge is 0.384 e. The first kappa shape index (κ1) is 10.3. The molecule has 2 aromatic rings. The summed E-state index contributed by atoms with van der Waals surface area (Å²) in [4.78, 5) is 16.0. The molecule has 0 bridgehead atoms. The first-order valence-electron chi connectivity index (χ1n) is 5.40. The van der Waals surface area contributed by atoms with Crippen LogP contribution in [0.25, 0.3) is 0 Å². The molecule has 0 fully saturated rings. The van der Waals surface area contributed by atoms with Crippen LogP contribution < -0.4 is 10.6 Å². The molecule has 0 aliphatic carbocycles. The van der Waals surface area contributed by atoms with Crippen molar-refractivity contribution in [2.24, 2.45) is 0 Å². The van der Waals surface area contributed by atoms with Crippen LogP contribution in [0.4, 0.5) is 10.8 Å². The molecule has 1 aliphatic heterocycles. The van der Waals surface area contributed by atoms with Crippen molar-refractivity contribution in [3.63, 3.8) is 0 Å². The number of carbonyl (C=O) groups is 1. The normalized spacial score (nSPS) is 12.9. The van der Waals surface area contributed by atoms with E-state index in [-0.39, 0.29) is 5.91 Å². The van der Waals surface area contributed by atoms with E-state index < -0.39 is 0 Å². The molecule has 5 heteroatoms. The van der Waals surface area contributed by atoms with Gasteiger partial charge in [0.05, 0.1) is 0 Å². The van der Waals surface area contributed by atoms with Gasteiger partial charge in [-0.3, -0.25) is 10.1 Å². The summed E-state index contributed by atoms with van der Waals surface area (Å²) >= 11 is 1.42. The molecule has 0 saturated heterocycles. The van der Waals surface area contributed by atoms with Gasteiger partial charge < -0.3 is 5.32 Å². The third kappa shape index (κ3) is 2.01. The molecule has 0 radical (unpaired) electrons. The number of nitrogens with one attached hydrogen (secondary N) is 2. The molecule has 17 heavy (non-hydrogen) atoms. The zero-order chi connectivity index (χ0) is 11.7. The van der Waals surface area contributed by atoms with Crippen molar-refractivity contribution in [2.45, 2.75) is 6.42 Å². The Kier molecular flexibility index (Phi) is 2.53. The smallest absolute Gasteiger partial charge is 0.257 e. The average Bonchev–Trinajstić information content (AvgIpc) is 2.97. The summed E-state index contributed by atoms with van der Waals surface area (Å²) in [5.41, 5.74) is 3.02. The molecule has 1 aliphatic rings. The number of amides is 1. The Balaban J connectivity index is 1.82. The Hall–Kier alpha value is -1.88. The summed E-state index contributed by atoms with van der Waals surface area (Å²) < 4.78 is 0. The van der Waals surface area contributed by atoms with E-state index in [4.69, 9.17) is 0 Å². The second kappa shape index (κ2) is 4.18. The van der Waals surface area contributed by atoms with Gasteiger partial charge in [0.2, 0.25) is 0 Å². The maximum absolute atomic E-state index is 11.9. The van der Waals surface area contributed by atoms with Gasteiger partial charge in [-0.05, 0) is 30.2 Å². The van der Waals surface area contributed by atoms with Gasteiger partial charge in [-0.2, -0.15) is 0 Å². The summed E-state index contributed by atoms with van der Waals surface area (Å²) in [6, 6.07) is 5.73. The van der Waals surface area contributed by atoms with E-state index in [2.05, 4.69) is 15.6 Å². The Morgan fingerprint density at radius 3 is 3.24 bits per heavy atom. The number of rotatable bonds is 2. The SMILES string of the molecule is O=C(Nc1nccs1)c1ccc2c(c1)CCN2. The molecule has 1 aromatic heterocycles. The predicted octanol–water partition coefficient (Wildman–Crippen LogP) is 2.36. The van der Waals surface area contributed by atoms with Gasteiger partial charge in [-0.15, -0.1) is 11.3 Å². The fraction of sp³-hybridized carbons (Fsp3) is 0.167. The van der Waals surface area contributed by atoms with Crippen LogP contribution in [0.3, 0.4) is 0 Å². The summed E-state index contributed by atoms with van der Waals surface area (Å²) in [5, 5.41) is 8.52. The fourth-order valence-corrected chi connectivity index (χ4v) is 2.42. The lowest BCUT2D eigenvalue weighted by Gasteiger charge is -2.04. The van der Waals surface area contributed by atoms with Crippen molar-refractivity contribution in [1.82, 2.24) is 4.98 Å². The van der Waals surface area contributed by atoms with Crippen LogP contribution in [-0.2, 0) is 6.42 Å². The van der Waals surface area contributed by atoms with Crippen molar-refractivity contribution < 1.29 is 4.79 Å². The number of nitrogens with zero attached hydrogens (tertiary/aromatic N) is 1. The van der Waals surface area contributed by atoms with Crippen LogP contribution in [0.5, 0.6) is 0 Å². The highest BCUT2D eigenvalue weighted by Crippen LogP contribution is 2.23. The Bertz CT molecular complexity index is 551. The maximum atomic E-state index is 11.9. The minimum atomic E-state index is -0.102. The average molecular weight is 245 g/mol. The summed E-state index contributed by atoms with van der Waals surface area (Å²) in [5.74, 6) is -0.102. The van der Waals surface area contributed by atoms with Crippen LogP contribution in [-0.4, -0.2) is 17.4 Å². The lowest BCUT2D eigenvalue weighted by atomic mass is 10.1. The van der Waals surface area contributed by atoms with Crippen LogP contribution in [0, 0.1) is 0 Å². The molecule has 1 amide bonds. The first-order chi connectivity index (χ1) is 8.33. The predicted molar refractivity (Wildman–Crippen MR) is 68.7 cm³/mol. The minimum Gasteiger partial charge on any atom is -0.384 e. The second-order valence-corrected chi connectivity index (χ2v) is 4.73. The fourth-order valence-electron chi connectivity index (χ4n) is 1.90. The quantitative estimate of drug-likeness (QED) is 0.854. The minimum absolute atomic E-state index is 0.102. The molecule has 1 aromatic carbocycles. The Morgan fingerprint density at radius 1 is 1.47 bits per heavy atom. The Labute approximate surface area is 103 Å². The second-order valence-electron chi connectivity index (χ2n) is 3.84. The number of hydrogen-bond acceptors (Lipinski definition) is 4. The number of thiazole rings is 1. The molecule has 0 unspecified atom stereocenters. The molecule has 2 N–H and O–H groups in total. The number of fused-ring (bicyclic) bond motifs is 1. The molecule has 86 valence electrons. The van der Waals surface area contributed by atoms with Gasteiger partial charge in [0.15, 0.2) is 5.13 Å². The van der Waals surface area contributed by atoms with Crippen molar-refractivity contribution >= 4 is 28.1 Å². The molecule has 0 spiro atoms. The topological polar surface area (TPSA) is 54.0 Å². The zero-order valence-electron chi connectivity index (χ0n) is 9.06. The lowest BCUT2D eigenvalue weighted by Crippen LogP contribution is -2.11. The number of carbonyl (C=O) groups excluding carboxylic acids is 1. The highest BCUT2D eigenvalue weighted by atomic mass is 32.1. The van der Waals surface area contributed by atoms with Gasteiger partial charge in [0, 0.05) is 29.4 Å². The van der Waals surface area contributed by atoms with Crippen molar-refractivity contribution in [2.75, 3.05) is 17.2 Å². The summed E-state index contributed by atoms with van der Waals surface area (Å²) in [6.45, 7) is 0.951. The highest BCUT2D eigenvalue weighted by Gasteiger charge is 2.13. The summed E-state index contributed by atoms with van der Waals surface area (Å²) in [6.07, 6.45) is 2.65. The van der Waals surface area contributed by atoms with Crippen molar-refractivity contribution in [3.05, 3.63) is 40.9 Å². The van der Waals surface area contributed by atoms with E-state index in [0.717, 1.165) is 18.7 Å². The van der Waals surface area contributed by atoms with Crippen LogP contribution in [0.2, 0.25) is 0 Å². The van der Waals surface area contributed by atoms with Crippen LogP contribution in [0.1, 0.15) is 15.9 Å². The van der Waals surface area contributed by atoms with Gasteiger partial charge in [0.1, 0.15) is 0 Å². The third-order valence-electron chi connectivity index (χ3n) is 2.73. The molecule has 0 atom stereocenters. The van der Waals surface area contributed by atoms with Gasteiger partial charge >= 0.3 is 0 Å². The van der Waals surface area contributed by atoms with E-state index in [1.165, 1.54) is 16.9 Å². The Morgan fingerprint density at radius 2 is 2.41 bits per heavy atom. The lowest BCUT2D eigenvalue weighted by molar-refractivity contribution is 0.102. The van der Waals surface area contributed by atoms with E-state index >= 15 is 0 Å². The number of aromatic nitrogens is 1. The van der Waals surface area contributed by atoms with E-state index in [0.29, 0.717) is 10.7 Å². The first-order valence-corrected chi connectivity index (χ1v) is 6.28. The van der Waals surface area contributed by atoms with Crippen molar-refractivity contribution in [3.8, 4) is 0 Å². The highest BCUT2D eigenvalue weighted by molar-refractivity contribution is 7.13. The van der Waals surface area contributed by atoms with Crippen molar-refractivity contribution in [1.29, 1.82) is 0 Å². The van der Waals surface area contributed by atoms with Gasteiger partial charge in [-0.25, -0.2) is 4.98 Å². The van der Waals surface area contributed by atoms with Gasteiger partial charge in [-0.1, -0.05) is 0 Å². The maximum Gasteiger partial charge on any atom is 0.257 e. The van der Waals surface area contributed by atoms with Crippen LogP contribution >= 0.6 is 11.3 Å². The van der Waals surface area contributed by atoms with E-state index in [1.54, 1.807) is 6.20 Å². The van der Waals surface area contributed by atoms with Gasteiger partial charge in [0.25, 0.3) is 5.91 Å². The molecule has 2 heterocycles. The monoisotopic (exact) mass is 245 g/mol. The standard InChI is InChI=1S/C12H11N3OS/c16-11(15-12-14-5-6-17-12)9-1-2-10-8(7-9)3-4-13-10/h1-2,5-7,13H,3-4H2,(H,14,15,16). The van der Waals surface area contributed by atoms with E-state index in [1.807, 2.05) is 23.6 Å².